The summed E-state index contributed by atoms with van der Waals surface area (Å²) in [6, 6.07) is 4.38. The van der Waals surface area contributed by atoms with Crippen molar-refractivity contribution < 1.29 is 14.3 Å². The number of hydrogen-bond acceptors (Lipinski definition) is 3. The zero-order chi connectivity index (χ0) is 10.7. The Labute approximate surface area is 85.1 Å². The molecule has 0 spiro atoms. The second-order valence-corrected chi connectivity index (χ2v) is 4.00. The van der Waals surface area contributed by atoms with Gasteiger partial charge in [0.05, 0.1) is 0 Å². The molecule has 1 aromatic carbocycles. The van der Waals surface area contributed by atoms with Crippen LogP contribution in [0.5, 0.6) is 0 Å². The van der Waals surface area contributed by atoms with E-state index < -0.39 is 11.3 Å². The van der Waals surface area contributed by atoms with Crippen LogP contribution in [0.15, 0.2) is 23.1 Å². The zero-order valence-corrected chi connectivity index (χ0v) is 8.34. The van der Waals surface area contributed by atoms with Crippen molar-refractivity contribution >= 4 is 17.7 Å². The molecule has 1 rings (SSSR count). The smallest absolute Gasteiger partial charge is 0.331 e. The summed E-state index contributed by atoms with van der Waals surface area (Å²) in [4.78, 5) is 11.1. The molecule has 3 N–H and O–H groups in total. The normalized spacial score (nSPS) is 12.5. The first-order valence-electron chi connectivity index (χ1n) is 3.92. The number of aryl methyl sites for hydroxylation is 1. The maximum absolute atomic E-state index is 12.8. The highest BCUT2D eigenvalue weighted by atomic mass is 32.2. The van der Waals surface area contributed by atoms with Gasteiger partial charge in [-0.1, -0.05) is 11.8 Å². The van der Waals surface area contributed by atoms with Crippen LogP contribution in [0.1, 0.15) is 5.56 Å². The average Bonchev–Trinajstić information content (AvgIpc) is 2.11. The Hall–Kier alpha value is -1.07. The summed E-state index contributed by atoms with van der Waals surface area (Å²) in [5.74, 6) is -1.39. The van der Waals surface area contributed by atoms with E-state index in [1.54, 1.807) is 13.0 Å². The van der Waals surface area contributed by atoms with Gasteiger partial charge in [0.25, 0.3) is 0 Å². The lowest BCUT2D eigenvalue weighted by molar-refractivity contribution is -0.136. The third-order valence-corrected chi connectivity index (χ3v) is 2.62. The van der Waals surface area contributed by atoms with Crippen LogP contribution < -0.4 is 5.73 Å². The van der Waals surface area contributed by atoms with Crippen molar-refractivity contribution in [3.05, 3.63) is 29.6 Å². The first kappa shape index (κ1) is 11.0. The number of rotatable bonds is 3. The predicted octanol–water partition coefficient (Wildman–Crippen LogP) is 1.60. The molecule has 0 aliphatic heterocycles. The van der Waals surface area contributed by atoms with E-state index in [1.165, 1.54) is 12.1 Å². The van der Waals surface area contributed by atoms with E-state index in [0.29, 0.717) is 10.5 Å². The van der Waals surface area contributed by atoms with Gasteiger partial charge in [-0.3, -0.25) is 0 Å². The van der Waals surface area contributed by atoms with Gasteiger partial charge >= 0.3 is 5.97 Å². The number of nitrogens with two attached hydrogens (primary N) is 1. The highest BCUT2D eigenvalue weighted by molar-refractivity contribution is 8.00. The Morgan fingerprint density at radius 3 is 2.79 bits per heavy atom. The molecule has 14 heavy (non-hydrogen) atoms. The molecule has 0 fully saturated rings. The van der Waals surface area contributed by atoms with E-state index >= 15 is 0 Å². The Bertz CT molecular complexity index is 357. The topological polar surface area (TPSA) is 63.3 Å². The molecule has 0 radical (unpaired) electrons. The van der Waals surface area contributed by atoms with E-state index in [4.69, 9.17) is 10.8 Å². The standard InChI is InChI=1S/C9H10FNO2S/c1-5-4-6(2-3-7(5)10)14-8(11)9(12)13/h2-4,8H,11H2,1H3,(H,12,13). The van der Waals surface area contributed by atoms with Crippen LogP contribution in [-0.2, 0) is 4.79 Å². The Kier molecular flexibility index (Phi) is 3.49. The van der Waals surface area contributed by atoms with Crippen molar-refractivity contribution in [2.24, 2.45) is 5.73 Å². The van der Waals surface area contributed by atoms with E-state index in [-0.39, 0.29) is 5.82 Å². The Morgan fingerprint density at radius 2 is 2.29 bits per heavy atom. The summed E-state index contributed by atoms with van der Waals surface area (Å²) in [7, 11) is 0. The fourth-order valence-electron chi connectivity index (χ4n) is 0.888. The third-order valence-electron chi connectivity index (χ3n) is 1.64. The second kappa shape index (κ2) is 4.43. The van der Waals surface area contributed by atoms with E-state index in [2.05, 4.69) is 0 Å². The molecule has 76 valence electrons. The van der Waals surface area contributed by atoms with Crippen LogP contribution >= 0.6 is 11.8 Å². The summed E-state index contributed by atoms with van der Waals surface area (Å²) in [6.07, 6.45) is 0. The molecular formula is C9H10FNO2S. The maximum atomic E-state index is 12.8. The number of aliphatic carboxylic acids is 1. The SMILES string of the molecule is Cc1cc(SC(N)C(=O)O)ccc1F. The molecule has 1 atom stereocenters. The fourth-order valence-corrected chi connectivity index (χ4v) is 1.67. The third kappa shape index (κ3) is 2.71. The van der Waals surface area contributed by atoms with Crippen molar-refractivity contribution in [2.75, 3.05) is 0 Å². The summed E-state index contributed by atoms with van der Waals surface area (Å²) in [6.45, 7) is 1.62. The molecule has 0 heterocycles. The predicted molar refractivity (Wildman–Crippen MR) is 52.6 cm³/mol. The van der Waals surface area contributed by atoms with Gasteiger partial charge in [-0.05, 0) is 30.7 Å². The van der Waals surface area contributed by atoms with Crippen LogP contribution in [0.2, 0.25) is 0 Å². The maximum Gasteiger partial charge on any atom is 0.331 e. The Morgan fingerprint density at radius 1 is 1.64 bits per heavy atom. The number of benzene rings is 1. The first-order chi connectivity index (χ1) is 6.50. The highest BCUT2D eigenvalue weighted by Gasteiger charge is 2.13. The minimum Gasteiger partial charge on any atom is -0.479 e. The van der Waals surface area contributed by atoms with E-state index in [1.807, 2.05) is 0 Å². The lowest BCUT2D eigenvalue weighted by Crippen LogP contribution is -2.25. The van der Waals surface area contributed by atoms with E-state index in [9.17, 15) is 9.18 Å². The van der Waals surface area contributed by atoms with Gasteiger partial charge in [0.15, 0.2) is 5.37 Å². The monoisotopic (exact) mass is 215 g/mol. The molecule has 0 saturated heterocycles. The van der Waals surface area contributed by atoms with Gasteiger partial charge < -0.3 is 10.8 Å². The largest absolute Gasteiger partial charge is 0.479 e. The highest BCUT2D eigenvalue weighted by Crippen LogP contribution is 2.22. The minimum atomic E-state index is -1.09. The quantitative estimate of drug-likeness (QED) is 0.593. The van der Waals surface area contributed by atoms with Crippen molar-refractivity contribution in [3.8, 4) is 0 Å². The molecule has 0 aliphatic carbocycles. The molecule has 0 aliphatic rings. The lowest BCUT2D eigenvalue weighted by Gasteiger charge is -2.06. The summed E-state index contributed by atoms with van der Waals surface area (Å²) in [5.41, 5.74) is 5.79. The van der Waals surface area contributed by atoms with Crippen LogP contribution in [0.3, 0.4) is 0 Å². The zero-order valence-electron chi connectivity index (χ0n) is 7.53. The molecule has 0 bridgehead atoms. The number of carbonyl (C=O) groups is 1. The van der Waals surface area contributed by atoms with Gasteiger partial charge in [0.1, 0.15) is 5.82 Å². The number of hydrogen-bond donors (Lipinski definition) is 2. The fraction of sp³-hybridized carbons (Fsp3) is 0.222. The number of thioether (sulfide) groups is 1. The van der Waals surface area contributed by atoms with Crippen LogP contribution in [-0.4, -0.2) is 16.4 Å². The van der Waals surface area contributed by atoms with Crippen LogP contribution in [0.4, 0.5) is 4.39 Å². The van der Waals surface area contributed by atoms with Crippen LogP contribution in [0, 0.1) is 12.7 Å². The molecule has 0 amide bonds. The summed E-state index contributed by atoms with van der Waals surface area (Å²) >= 11 is 0.986. The van der Waals surface area contributed by atoms with Crippen LogP contribution in [0.25, 0.3) is 0 Å². The van der Waals surface area contributed by atoms with Gasteiger partial charge in [-0.25, -0.2) is 9.18 Å². The van der Waals surface area contributed by atoms with E-state index in [0.717, 1.165) is 11.8 Å². The number of carboxylic acid groups (broad SMARTS) is 1. The van der Waals surface area contributed by atoms with Gasteiger partial charge in [-0.2, -0.15) is 0 Å². The summed E-state index contributed by atoms with van der Waals surface area (Å²) in [5, 5.41) is 7.53. The lowest BCUT2D eigenvalue weighted by atomic mass is 10.2. The number of halogens is 1. The van der Waals surface area contributed by atoms with Crippen molar-refractivity contribution in [2.45, 2.75) is 17.2 Å². The van der Waals surface area contributed by atoms with Crippen molar-refractivity contribution in [3.63, 3.8) is 0 Å². The first-order valence-corrected chi connectivity index (χ1v) is 4.80. The van der Waals surface area contributed by atoms with Crippen molar-refractivity contribution in [1.82, 2.24) is 0 Å². The Balaban J connectivity index is 2.78. The molecule has 0 saturated carbocycles. The van der Waals surface area contributed by atoms with Crippen molar-refractivity contribution in [1.29, 1.82) is 0 Å². The van der Waals surface area contributed by atoms with Gasteiger partial charge in [0, 0.05) is 4.90 Å². The van der Waals surface area contributed by atoms with Gasteiger partial charge in [-0.15, -0.1) is 0 Å². The molecular weight excluding hydrogens is 205 g/mol. The number of carboxylic acids is 1. The van der Waals surface area contributed by atoms with Gasteiger partial charge in [0.2, 0.25) is 0 Å². The summed E-state index contributed by atoms with van der Waals surface area (Å²) < 4.78 is 12.8. The second-order valence-electron chi connectivity index (χ2n) is 2.79. The molecule has 1 unspecified atom stereocenters. The average molecular weight is 215 g/mol. The molecule has 3 nitrogen and oxygen atoms in total. The molecule has 1 aromatic rings. The molecule has 5 heteroatoms. The minimum absolute atomic E-state index is 0.307. The molecule has 0 aromatic heterocycles.